The monoisotopic (exact) mass is 260 g/mol. The van der Waals surface area contributed by atoms with Crippen molar-refractivity contribution in [1.82, 2.24) is 5.32 Å². The molecule has 0 bridgehead atoms. The zero-order chi connectivity index (χ0) is 13.7. The van der Waals surface area contributed by atoms with Crippen LogP contribution in [-0.2, 0) is 4.79 Å². The standard InChI is InChI=1S/C16H24N2O/c1-16(11-5-6-12-16)18-15(19)10-9-14(17)13-7-3-2-4-8-13/h2-4,7-8,14H,5-6,9-12,17H2,1H3,(H,18,19). The van der Waals surface area contributed by atoms with Crippen molar-refractivity contribution < 1.29 is 4.79 Å². The Morgan fingerprint density at radius 3 is 2.58 bits per heavy atom. The SMILES string of the molecule is CC1(NC(=O)CCC(N)c2ccccc2)CCCC1. The van der Waals surface area contributed by atoms with Crippen LogP contribution in [0, 0.1) is 0 Å². The van der Waals surface area contributed by atoms with Gasteiger partial charge >= 0.3 is 0 Å². The molecule has 1 atom stereocenters. The Morgan fingerprint density at radius 2 is 1.95 bits per heavy atom. The van der Waals surface area contributed by atoms with E-state index in [0.29, 0.717) is 12.8 Å². The molecule has 1 fully saturated rings. The second-order valence-corrected chi connectivity index (χ2v) is 5.87. The molecule has 0 heterocycles. The van der Waals surface area contributed by atoms with Crippen molar-refractivity contribution in [3.8, 4) is 0 Å². The molecule has 3 heteroatoms. The molecular weight excluding hydrogens is 236 g/mol. The summed E-state index contributed by atoms with van der Waals surface area (Å²) in [6, 6.07) is 9.92. The summed E-state index contributed by atoms with van der Waals surface area (Å²) in [6.07, 6.45) is 5.85. The summed E-state index contributed by atoms with van der Waals surface area (Å²) in [5.74, 6) is 0.135. The van der Waals surface area contributed by atoms with Crippen molar-refractivity contribution in [2.75, 3.05) is 0 Å². The van der Waals surface area contributed by atoms with Crippen LogP contribution >= 0.6 is 0 Å². The molecule has 104 valence electrons. The van der Waals surface area contributed by atoms with Crippen molar-refractivity contribution in [2.24, 2.45) is 5.73 Å². The van der Waals surface area contributed by atoms with E-state index in [0.717, 1.165) is 18.4 Å². The highest BCUT2D eigenvalue weighted by molar-refractivity contribution is 5.76. The van der Waals surface area contributed by atoms with Crippen molar-refractivity contribution >= 4 is 5.91 Å². The van der Waals surface area contributed by atoms with Crippen LogP contribution in [0.25, 0.3) is 0 Å². The molecular formula is C16H24N2O. The van der Waals surface area contributed by atoms with E-state index in [2.05, 4.69) is 12.2 Å². The maximum atomic E-state index is 12.0. The predicted molar refractivity (Wildman–Crippen MR) is 77.6 cm³/mol. The van der Waals surface area contributed by atoms with Gasteiger partial charge in [-0.05, 0) is 31.7 Å². The first-order valence-electron chi connectivity index (χ1n) is 7.21. The molecule has 2 rings (SSSR count). The summed E-state index contributed by atoms with van der Waals surface area (Å²) in [5, 5.41) is 3.17. The summed E-state index contributed by atoms with van der Waals surface area (Å²) >= 11 is 0. The lowest BCUT2D eigenvalue weighted by atomic mass is 9.99. The second kappa shape index (κ2) is 6.20. The summed E-state index contributed by atoms with van der Waals surface area (Å²) in [6.45, 7) is 2.15. The Balaban J connectivity index is 1.77. The van der Waals surface area contributed by atoms with Crippen LogP contribution in [0.3, 0.4) is 0 Å². The molecule has 0 aromatic heterocycles. The smallest absolute Gasteiger partial charge is 0.220 e. The Labute approximate surface area is 115 Å². The maximum Gasteiger partial charge on any atom is 0.220 e. The minimum Gasteiger partial charge on any atom is -0.351 e. The van der Waals surface area contributed by atoms with E-state index in [1.165, 1.54) is 12.8 Å². The van der Waals surface area contributed by atoms with Crippen LogP contribution in [-0.4, -0.2) is 11.4 Å². The molecule has 0 aliphatic heterocycles. The lowest BCUT2D eigenvalue weighted by molar-refractivity contribution is -0.123. The Bertz CT molecular complexity index is 410. The van der Waals surface area contributed by atoms with Gasteiger partial charge in [-0.3, -0.25) is 4.79 Å². The normalized spacial score (nSPS) is 19.1. The minimum atomic E-state index is -0.0525. The van der Waals surface area contributed by atoms with Crippen LogP contribution < -0.4 is 11.1 Å². The van der Waals surface area contributed by atoms with Crippen LogP contribution in [0.1, 0.15) is 57.1 Å². The molecule has 1 saturated carbocycles. The Kier molecular flexibility index (Phi) is 4.59. The van der Waals surface area contributed by atoms with Crippen molar-refractivity contribution in [3.63, 3.8) is 0 Å². The van der Waals surface area contributed by atoms with E-state index >= 15 is 0 Å². The van der Waals surface area contributed by atoms with Crippen molar-refractivity contribution in [1.29, 1.82) is 0 Å². The molecule has 1 unspecified atom stereocenters. The number of carbonyl (C=O) groups is 1. The van der Waals surface area contributed by atoms with Gasteiger partial charge in [-0.15, -0.1) is 0 Å². The van der Waals surface area contributed by atoms with Crippen LogP contribution in [0.4, 0.5) is 0 Å². The topological polar surface area (TPSA) is 55.1 Å². The van der Waals surface area contributed by atoms with Gasteiger partial charge in [-0.25, -0.2) is 0 Å². The highest BCUT2D eigenvalue weighted by atomic mass is 16.1. The predicted octanol–water partition coefficient (Wildman–Crippen LogP) is 2.92. The average molecular weight is 260 g/mol. The summed E-state index contributed by atoms with van der Waals surface area (Å²) in [4.78, 5) is 12.0. The molecule has 1 aliphatic rings. The van der Waals surface area contributed by atoms with E-state index in [1.54, 1.807) is 0 Å². The minimum absolute atomic E-state index is 0.0218. The Hall–Kier alpha value is -1.35. The fraction of sp³-hybridized carbons (Fsp3) is 0.562. The summed E-state index contributed by atoms with van der Waals surface area (Å²) in [5.41, 5.74) is 7.23. The number of nitrogens with two attached hydrogens (primary N) is 1. The van der Waals surface area contributed by atoms with E-state index < -0.39 is 0 Å². The zero-order valence-electron chi connectivity index (χ0n) is 11.7. The molecule has 1 aromatic carbocycles. The largest absolute Gasteiger partial charge is 0.351 e. The molecule has 0 radical (unpaired) electrons. The van der Waals surface area contributed by atoms with E-state index in [-0.39, 0.29) is 17.5 Å². The molecule has 0 spiro atoms. The molecule has 3 N–H and O–H groups in total. The third-order valence-corrected chi connectivity index (χ3v) is 4.06. The number of hydrogen-bond acceptors (Lipinski definition) is 2. The fourth-order valence-electron chi connectivity index (χ4n) is 2.83. The second-order valence-electron chi connectivity index (χ2n) is 5.87. The lowest BCUT2D eigenvalue weighted by Gasteiger charge is -2.25. The van der Waals surface area contributed by atoms with Gasteiger partial charge in [0.2, 0.25) is 5.91 Å². The number of hydrogen-bond donors (Lipinski definition) is 2. The van der Waals surface area contributed by atoms with E-state index in [9.17, 15) is 4.79 Å². The molecule has 1 amide bonds. The first-order valence-corrected chi connectivity index (χ1v) is 7.21. The zero-order valence-corrected chi connectivity index (χ0v) is 11.7. The van der Waals surface area contributed by atoms with Gasteiger partial charge in [0.15, 0.2) is 0 Å². The molecule has 1 aromatic rings. The summed E-state index contributed by atoms with van der Waals surface area (Å²) in [7, 11) is 0. The third-order valence-electron chi connectivity index (χ3n) is 4.06. The average Bonchev–Trinajstić information content (AvgIpc) is 2.83. The van der Waals surface area contributed by atoms with Crippen LogP contribution in [0.5, 0.6) is 0 Å². The van der Waals surface area contributed by atoms with E-state index in [4.69, 9.17) is 5.73 Å². The first-order chi connectivity index (χ1) is 9.09. The molecule has 1 aliphatic carbocycles. The highest BCUT2D eigenvalue weighted by Gasteiger charge is 2.29. The van der Waals surface area contributed by atoms with Crippen LogP contribution in [0.2, 0.25) is 0 Å². The number of amides is 1. The molecule has 3 nitrogen and oxygen atoms in total. The lowest BCUT2D eigenvalue weighted by Crippen LogP contribution is -2.43. The van der Waals surface area contributed by atoms with Gasteiger partial charge in [-0.1, -0.05) is 43.2 Å². The van der Waals surface area contributed by atoms with Gasteiger partial charge in [0.25, 0.3) is 0 Å². The van der Waals surface area contributed by atoms with Crippen molar-refractivity contribution in [2.45, 2.75) is 57.0 Å². The third kappa shape index (κ3) is 4.06. The first kappa shape index (κ1) is 14.1. The number of nitrogens with one attached hydrogen (secondary N) is 1. The van der Waals surface area contributed by atoms with Gasteiger partial charge in [0.05, 0.1) is 0 Å². The summed E-state index contributed by atoms with van der Waals surface area (Å²) < 4.78 is 0. The van der Waals surface area contributed by atoms with Gasteiger partial charge < -0.3 is 11.1 Å². The Morgan fingerprint density at radius 1 is 1.32 bits per heavy atom. The number of carbonyl (C=O) groups excluding carboxylic acids is 1. The van der Waals surface area contributed by atoms with Gasteiger partial charge in [0, 0.05) is 18.0 Å². The van der Waals surface area contributed by atoms with Gasteiger partial charge in [-0.2, -0.15) is 0 Å². The fourth-order valence-corrected chi connectivity index (χ4v) is 2.83. The molecule has 19 heavy (non-hydrogen) atoms. The maximum absolute atomic E-state index is 12.0. The number of rotatable bonds is 5. The quantitative estimate of drug-likeness (QED) is 0.855. The van der Waals surface area contributed by atoms with Gasteiger partial charge in [0.1, 0.15) is 0 Å². The molecule has 0 saturated heterocycles. The number of benzene rings is 1. The van der Waals surface area contributed by atoms with Crippen molar-refractivity contribution in [3.05, 3.63) is 35.9 Å². The van der Waals surface area contributed by atoms with E-state index in [1.807, 2.05) is 30.3 Å². The van der Waals surface area contributed by atoms with Crippen LogP contribution in [0.15, 0.2) is 30.3 Å². The highest BCUT2D eigenvalue weighted by Crippen LogP contribution is 2.29.